The fourth-order valence-corrected chi connectivity index (χ4v) is 4.07. The fraction of sp³-hybridized carbons (Fsp3) is 0.304. The van der Waals surface area contributed by atoms with Gasteiger partial charge < -0.3 is 14.4 Å². The zero-order valence-corrected chi connectivity index (χ0v) is 17.8. The second-order valence-electron chi connectivity index (χ2n) is 7.99. The van der Waals surface area contributed by atoms with Gasteiger partial charge in [-0.25, -0.2) is 9.78 Å². The first-order valence-electron chi connectivity index (χ1n) is 10.5. The minimum absolute atomic E-state index is 0.0814. The molecule has 9 nitrogen and oxygen atoms in total. The predicted molar refractivity (Wildman–Crippen MR) is 118 cm³/mol. The van der Waals surface area contributed by atoms with Crippen LogP contribution < -0.4 is 14.5 Å². The van der Waals surface area contributed by atoms with Crippen LogP contribution in [0.5, 0.6) is 5.88 Å². The van der Waals surface area contributed by atoms with Crippen LogP contribution >= 0.6 is 0 Å². The number of ether oxygens (including phenoxy) is 2. The third-order valence-electron chi connectivity index (χ3n) is 5.73. The molecule has 1 saturated heterocycles. The molecule has 32 heavy (non-hydrogen) atoms. The number of fused-ring (bicyclic) bond motifs is 1. The Morgan fingerprint density at radius 2 is 1.97 bits per heavy atom. The SMILES string of the molecule is CC(=O)N1c2ccc(-c3cnn(C4COC4)c3)cc2N(C(=O)Oc2ccccn2)C[C@@H]1C. The van der Waals surface area contributed by atoms with Crippen molar-refractivity contribution in [3.05, 3.63) is 55.0 Å². The molecule has 0 bridgehead atoms. The van der Waals surface area contributed by atoms with Gasteiger partial charge in [0.05, 0.1) is 42.9 Å². The van der Waals surface area contributed by atoms with E-state index in [-0.39, 0.29) is 23.9 Å². The number of carbonyl (C=O) groups excluding carboxylic acids is 2. The molecule has 0 saturated carbocycles. The van der Waals surface area contributed by atoms with E-state index in [0.717, 1.165) is 11.1 Å². The standard InChI is InChI=1S/C23H23N5O4/c1-15-11-26(23(30)32-22-5-3-4-8-24-22)21-9-17(6-7-20(21)28(15)16(2)29)18-10-25-27(12-18)19-13-31-14-19/h3-10,12,15,19H,11,13-14H2,1-2H3/t15-/m0/s1. The molecule has 9 heteroatoms. The summed E-state index contributed by atoms with van der Waals surface area (Å²) < 4.78 is 12.6. The van der Waals surface area contributed by atoms with Gasteiger partial charge in [0.15, 0.2) is 0 Å². The van der Waals surface area contributed by atoms with Gasteiger partial charge in [-0.1, -0.05) is 12.1 Å². The van der Waals surface area contributed by atoms with Gasteiger partial charge in [-0.05, 0) is 30.7 Å². The maximum Gasteiger partial charge on any atom is 0.421 e. The van der Waals surface area contributed by atoms with Crippen molar-refractivity contribution in [1.29, 1.82) is 0 Å². The number of hydrogen-bond acceptors (Lipinski definition) is 6. The van der Waals surface area contributed by atoms with Crippen molar-refractivity contribution in [1.82, 2.24) is 14.8 Å². The normalized spacial score (nSPS) is 18.1. The second-order valence-corrected chi connectivity index (χ2v) is 7.99. The van der Waals surface area contributed by atoms with Crippen molar-refractivity contribution in [2.75, 3.05) is 29.6 Å². The number of anilines is 2. The van der Waals surface area contributed by atoms with Crippen molar-refractivity contribution in [2.24, 2.45) is 0 Å². The topological polar surface area (TPSA) is 89.8 Å². The smallest absolute Gasteiger partial charge is 0.391 e. The summed E-state index contributed by atoms with van der Waals surface area (Å²) in [4.78, 5) is 32.8. The van der Waals surface area contributed by atoms with Crippen molar-refractivity contribution < 1.29 is 19.1 Å². The summed E-state index contributed by atoms with van der Waals surface area (Å²) in [6.45, 7) is 5.05. The Labute approximate surface area is 185 Å². The minimum Gasteiger partial charge on any atom is -0.391 e. The molecule has 2 aliphatic rings. The van der Waals surface area contributed by atoms with Crippen LogP contribution in [0.2, 0.25) is 0 Å². The average molecular weight is 433 g/mol. The van der Waals surface area contributed by atoms with Crippen LogP contribution in [0.1, 0.15) is 19.9 Å². The van der Waals surface area contributed by atoms with Gasteiger partial charge in [0.25, 0.3) is 0 Å². The summed E-state index contributed by atoms with van der Waals surface area (Å²) in [6.07, 6.45) is 4.79. The van der Waals surface area contributed by atoms with E-state index in [9.17, 15) is 9.59 Å². The maximum atomic E-state index is 13.1. The summed E-state index contributed by atoms with van der Waals surface area (Å²) in [6, 6.07) is 10.9. The molecule has 2 aromatic heterocycles. The van der Waals surface area contributed by atoms with Crippen molar-refractivity contribution in [3.8, 4) is 17.0 Å². The lowest BCUT2D eigenvalue weighted by atomic mass is 10.0. The van der Waals surface area contributed by atoms with E-state index in [2.05, 4.69) is 10.1 Å². The number of rotatable bonds is 3. The zero-order valence-electron chi connectivity index (χ0n) is 17.8. The monoisotopic (exact) mass is 433 g/mol. The lowest BCUT2D eigenvalue weighted by Crippen LogP contribution is -2.52. The molecule has 0 unspecified atom stereocenters. The first-order chi connectivity index (χ1) is 15.5. The van der Waals surface area contributed by atoms with Crippen molar-refractivity contribution >= 4 is 23.4 Å². The van der Waals surface area contributed by atoms with Crippen molar-refractivity contribution in [3.63, 3.8) is 0 Å². The number of benzene rings is 1. The highest BCUT2D eigenvalue weighted by atomic mass is 16.6. The molecule has 2 amide bonds. The van der Waals surface area contributed by atoms with Crippen LogP contribution in [0, 0.1) is 0 Å². The lowest BCUT2D eigenvalue weighted by Gasteiger charge is -2.40. The molecule has 0 aliphatic carbocycles. The first-order valence-corrected chi connectivity index (χ1v) is 10.5. The van der Waals surface area contributed by atoms with Crippen LogP contribution in [0.3, 0.4) is 0 Å². The van der Waals surface area contributed by atoms with Gasteiger partial charge in [-0.2, -0.15) is 5.10 Å². The number of hydrogen-bond donors (Lipinski definition) is 0. The Kier molecular flexibility index (Phi) is 5.10. The summed E-state index contributed by atoms with van der Waals surface area (Å²) >= 11 is 0. The molecular weight excluding hydrogens is 410 g/mol. The molecule has 1 atom stereocenters. The number of carbonyl (C=O) groups is 2. The molecule has 0 spiro atoms. The molecule has 0 radical (unpaired) electrons. The van der Waals surface area contributed by atoms with Gasteiger partial charge >= 0.3 is 6.09 Å². The van der Waals surface area contributed by atoms with E-state index in [1.54, 1.807) is 40.4 Å². The van der Waals surface area contributed by atoms with E-state index in [4.69, 9.17) is 9.47 Å². The zero-order chi connectivity index (χ0) is 22.2. The Hall–Kier alpha value is -3.72. The van der Waals surface area contributed by atoms with E-state index in [1.807, 2.05) is 36.0 Å². The van der Waals surface area contributed by atoms with Crippen LogP contribution in [0.25, 0.3) is 11.1 Å². The number of amides is 2. The van der Waals surface area contributed by atoms with Crippen LogP contribution in [-0.4, -0.2) is 52.6 Å². The summed E-state index contributed by atoms with van der Waals surface area (Å²) in [5.41, 5.74) is 3.09. The third kappa shape index (κ3) is 3.60. The van der Waals surface area contributed by atoms with Gasteiger partial charge in [0, 0.05) is 37.5 Å². The van der Waals surface area contributed by atoms with E-state index in [1.165, 1.54) is 6.92 Å². The van der Waals surface area contributed by atoms with Crippen molar-refractivity contribution in [2.45, 2.75) is 25.9 Å². The third-order valence-corrected chi connectivity index (χ3v) is 5.73. The highest BCUT2D eigenvalue weighted by molar-refractivity contribution is 6.03. The van der Waals surface area contributed by atoms with Crippen LogP contribution in [0.15, 0.2) is 55.0 Å². The Bertz CT molecular complexity index is 1160. The quantitative estimate of drug-likeness (QED) is 0.630. The summed E-state index contributed by atoms with van der Waals surface area (Å²) in [5, 5.41) is 4.45. The van der Waals surface area contributed by atoms with Gasteiger partial charge in [0.1, 0.15) is 0 Å². The Morgan fingerprint density at radius 3 is 2.66 bits per heavy atom. The highest BCUT2D eigenvalue weighted by Crippen LogP contribution is 2.39. The van der Waals surface area contributed by atoms with Gasteiger partial charge in [0.2, 0.25) is 11.8 Å². The Morgan fingerprint density at radius 1 is 1.12 bits per heavy atom. The number of aromatic nitrogens is 3. The molecule has 4 heterocycles. The predicted octanol–water partition coefficient (Wildman–Crippen LogP) is 3.28. The number of nitrogens with zero attached hydrogens (tertiary/aromatic N) is 5. The molecular formula is C23H23N5O4. The molecule has 1 fully saturated rings. The molecule has 5 rings (SSSR count). The maximum absolute atomic E-state index is 13.1. The molecule has 164 valence electrons. The number of pyridine rings is 1. The second kappa shape index (κ2) is 8.08. The summed E-state index contributed by atoms with van der Waals surface area (Å²) in [7, 11) is 0. The van der Waals surface area contributed by atoms with Gasteiger partial charge in [-0.3, -0.25) is 14.4 Å². The molecule has 2 aliphatic heterocycles. The van der Waals surface area contributed by atoms with E-state index >= 15 is 0 Å². The van der Waals surface area contributed by atoms with E-state index in [0.29, 0.717) is 31.1 Å². The molecule has 0 N–H and O–H groups in total. The Balaban J connectivity index is 1.51. The highest BCUT2D eigenvalue weighted by Gasteiger charge is 2.35. The first kappa shape index (κ1) is 20.2. The molecule has 1 aromatic carbocycles. The summed E-state index contributed by atoms with van der Waals surface area (Å²) in [5.74, 6) is 0.142. The van der Waals surface area contributed by atoms with Gasteiger partial charge in [-0.15, -0.1) is 0 Å². The molecule has 3 aromatic rings. The van der Waals surface area contributed by atoms with Crippen LogP contribution in [0.4, 0.5) is 16.2 Å². The fourth-order valence-electron chi connectivity index (χ4n) is 4.07. The minimum atomic E-state index is -0.542. The van der Waals surface area contributed by atoms with Crippen LogP contribution in [-0.2, 0) is 9.53 Å². The largest absolute Gasteiger partial charge is 0.421 e. The average Bonchev–Trinajstić information content (AvgIpc) is 3.21. The lowest BCUT2D eigenvalue weighted by molar-refractivity contribution is -0.117. The van der Waals surface area contributed by atoms with E-state index < -0.39 is 6.09 Å².